The van der Waals surface area contributed by atoms with Crippen molar-refractivity contribution in [2.45, 2.75) is 96.1 Å². The second-order valence-electron chi connectivity index (χ2n) is 11.7. The standard InChI is InChI=1S/C24H38O4/c1-21(2)14-27-24(28-15-21)11-7-17-12-16-6-9-22(3)19(4-5-20(22)25)18(16)8-10-23(17,26)13-24/h6,17-20,25-26H,4-5,7-15H2,1-3H3/t17-,18+,19-,20-,22-,23+/m0/s1. The molecule has 0 aromatic rings. The minimum Gasteiger partial charge on any atom is -0.393 e. The van der Waals surface area contributed by atoms with Crippen LogP contribution < -0.4 is 0 Å². The van der Waals surface area contributed by atoms with Crippen LogP contribution in [0.15, 0.2) is 11.6 Å². The lowest BCUT2D eigenvalue weighted by Gasteiger charge is -2.52. The van der Waals surface area contributed by atoms with Gasteiger partial charge in [-0.3, -0.25) is 0 Å². The predicted octanol–water partition coefficient (Wildman–Crippen LogP) is 4.19. The molecule has 0 amide bonds. The van der Waals surface area contributed by atoms with E-state index < -0.39 is 11.4 Å². The van der Waals surface area contributed by atoms with E-state index in [1.165, 1.54) is 0 Å². The first-order valence-electron chi connectivity index (χ1n) is 11.5. The van der Waals surface area contributed by atoms with Gasteiger partial charge in [0.2, 0.25) is 0 Å². The largest absolute Gasteiger partial charge is 0.393 e. The van der Waals surface area contributed by atoms with Gasteiger partial charge in [0.15, 0.2) is 5.79 Å². The summed E-state index contributed by atoms with van der Waals surface area (Å²) in [5.74, 6) is 0.840. The molecular formula is C24H38O4. The Kier molecular flexibility index (Phi) is 4.39. The molecule has 3 saturated carbocycles. The Morgan fingerprint density at radius 1 is 1.00 bits per heavy atom. The van der Waals surface area contributed by atoms with Crippen LogP contribution >= 0.6 is 0 Å². The van der Waals surface area contributed by atoms with Crippen molar-refractivity contribution < 1.29 is 19.7 Å². The maximum Gasteiger partial charge on any atom is 0.171 e. The van der Waals surface area contributed by atoms with E-state index in [1.54, 1.807) is 5.57 Å². The van der Waals surface area contributed by atoms with Crippen LogP contribution in [0.1, 0.15) is 78.6 Å². The maximum atomic E-state index is 11.8. The molecule has 0 aromatic heterocycles. The van der Waals surface area contributed by atoms with E-state index in [2.05, 4.69) is 26.8 Å². The number of fused-ring (bicyclic) bond motifs is 4. The number of aliphatic hydroxyl groups is 2. The highest BCUT2D eigenvalue weighted by molar-refractivity contribution is 5.23. The molecule has 4 aliphatic carbocycles. The molecule has 2 N–H and O–H groups in total. The van der Waals surface area contributed by atoms with E-state index in [1.807, 2.05) is 0 Å². The topological polar surface area (TPSA) is 58.9 Å². The van der Waals surface area contributed by atoms with E-state index in [0.717, 1.165) is 51.4 Å². The van der Waals surface area contributed by atoms with Crippen molar-refractivity contribution in [3.05, 3.63) is 11.6 Å². The summed E-state index contributed by atoms with van der Waals surface area (Å²) < 4.78 is 12.5. The molecule has 4 heteroatoms. The molecule has 0 radical (unpaired) electrons. The zero-order valence-electron chi connectivity index (χ0n) is 17.9. The lowest BCUT2D eigenvalue weighted by atomic mass is 9.62. The number of rotatable bonds is 0. The summed E-state index contributed by atoms with van der Waals surface area (Å²) in [6, 6.07) is 0. The molecule has 0 bridgehead atoms. The lowest BCUT2D eigenvalue weighted by Crippen LogP contribution is -2.57. The number of allylic oxidation sites excluding steroid dienone is 2. The van der Waals surface area contributed by atoms with Gasteiger partial charge in [0, 0.05) is 23.7 Å². The summed E-state index contributed by atoms with van der Waals surface area (Å²) in [5, 5.41) is 22.4. The van der Waals surface area contributed by atoms with Crippen LogP contribution in [0.5, 0.6) is 0 Å². The molecule has 0 unspecified atom stereocenters. The van der Waals surface area contributed by atoms with Gasteiger partial charge in [-0.1, -0.05) is 32.4 Å². The molecule has 4 nitrogen and oxygen atoms in total. The Morgan fingerprint density at radius 3 is 2.50 bits per heavy atom. The van der Waals surface area contributed by atoms with Gasteiger partial charge in [-0.05, 0) is 62.7 Å². The Morgan fingerprint density at radius 2 is 1.75 bits per heavy atom. The molecule has 5 rings (SSSR count). The summed E-state index contributed by atoms with van der Waals surface area (Å²) in [5.41, 5.74) is 0.974. The van der Waals surface area contributed by atoms with Gasteiger partial charge >= 0.3 is 0 Å². The third kappa shape index (κ3) is 2.93. The van der Waals surface area contributed by atoms with Crippen LogP contribution in [0.25, 0.3) is 0 Å². The fourth-order valence-electron chi connectivity index (χ4n) is 7.19. The smallest absolute Gasteiger partial charge is 0.171 e. The third-order valence-electron chi connectivity index (χ3n) is 9.16. The lowest BCUT2D eigenvalue weighted by molar-refractivity contribution is -0.333. The number of hydrogen-bond acceptors (Lipinski definition) is 4. The second kappa shape index (κ2) is 6.29. The highest BCUT2D eigenvalue weighted by Gasteiger charge is 2.57. The summed E-state index contributed by atoms with van der Waals surface area (Å²) in [7, 11) is 0. The van der Waals surface area contributed by atoms with Gasteiger partial charge in [0.05, 0.1) is 24.9 Å². The molecule has 4 fully saturated rings. The summed E-state index contributed by atoms with van der Waals surface area (Å²) in [6.07, 6.45) is 10.7. The van der Waals surface area contributed by atoms with Crippen molar-refractivity contribution >= 4 is 0 Å². The van der Waals surface area contributed by atoms with Crippen molar-refractivity contribution in [2.24, 2.45) is 28.6 Å². The number of ether oxygens (including phenoxy) is 2. The van der Waals surface area contributed by atoms with Gasteiger partial charge in [0.1, 0.15) is 0 Å². The van der Waals surface area contributed by atoms with Crippen molar-refractivity contribution in [1.29, 1.82) is 0 Å². The molecule has 5 aliphatic rings. The van der Waals surface area contributed by atoms with Crippen LogP contribution in [-0.2, 0) is 9.47 Å². The average molecular weight is 391 g/mol. The average Bonchev–Trinajstić information content (AvgIpc) is 2.86. The molecule has 28 heavy (non-hydrogen) atoms. The minimum atomic E-state index is -0.689. The van der Waals surface area contributed by atoms with Crippen LogP contribution in [0.3, 0.4) is 0 Å². The molecule has 1 spiro atoms. The molecule has 6 atom stereocenters. The van der Waals surface area contributed by atoms with Gasteiger partial charge in [0.25, 0.3) is 0 Å². The van der Waals surface area contributed by atoms with Crippen LogP contribution in [0.2, 0.25) is 0 Å². The van der Waals surface area contributed by atoms with E-state index in [-0.39, 0.29) is 16.9 Å². The highest BCUT2D eigenvalue weighted by Crippen LogP contribution is 2.59. The first-order valence-corrected chi connectivity index (χ1v) is 11.5. The molecule has 1 aliphatic heterocycles. The third-order valence-corrected chi connectivity index (χ3v) is 9.16. The number of aliphatic hydroxyl groups excluding tert-OH is 1. The van der Waals surface area contributed by atoms with Gasteiger partial charge < -0.3 is 19.7 Å². The SMILES string of the molecule is CC1(C)COC2(CC[C@H]3CC4=CC[C@]5(C)[C@@H](O)CC[C@H]5[C@@H]4CC[C@@]3(O)C2)OC1. The van der Waals surface area contributed by atoms with Crippen molar-refractivity contribution in [3.63, 3.8) is 0 Å². The van der Waals surface area contributed by atoms with E-state index in [0.29, 0.717) is 37.4 Å². The predicted molar refractivity (Wildman–Crippen MR) is 108 cm³/mol. The van der Waals surface area contributed by atoms with Crippen molar-refractivity contribution in [3.8, 4) is 0 Å². The first-order chi connectivity index (χ1) is 13.1. The zero-order valence-corrected chi connectivity index (χ0v) is 17.9. The van der Waals surface area contributed by atoms with E-state index in [4.69, 9.17) is 9.47 Å². The zero-order chi connectivity index (χ0) is 19.8. The molecule has 158 valence electrons. The quantitative estimate of drug-likeness (QED) is 0.609. The van der Waals surface area contributed by atoms with E-state index >= 15 is 0 Å². The summed E-state index contributed by atoms with van der Waals surface area (Å²) >= 11 is 0. The maximum absolute atomic E-state index is 11.8. The Labute approximate surface area is 169 Å². The van der Waals surface area contributed by atoms with E-state index in [9.17, 15) is 10.2 Å². The Hall–Kier alpha value is -0.420. The Bertz CT molecular complexity index is 660. The normalized spacial score (nSPS) is 49.5. The molecule has 1 saturated heterocycles. The van der Waals surface area contributed by atoms with Crippen molar-refractivity contribution in [2.75, 3.05) is 13.2 Å². The first kappa shape index (κ1) is 19.5. The fraction of sp³-hybridized carbons (Fsp3) is 0.917. The highest BCUT2D eigenvalue weighted by atomic mass is 16.7. The monoisotopic (exact) mass is 390 g/mol. The van der Waals surface area contributed by atoms with Crippen LogP contribution in [0, 0.1) is 28.6 Å². The van der Waals surface area contributed by atoms with Crippen LogP contribution in [0.4, 0.5) is 0 Å². The van der Waals surface area contributed by atoms with Crippen LogP contribution in [-0.4, -0.2) is 40.9 Å². The summed E-state index contributed by atoms with van der Waals surface area (Å²) in [6.45, 7) is 8.06. The molecule has 0 aromatic carbocycles. The van der Waals surface area contributed by atoms with Gasteiger partial charge in [-0.2, -0.15) is 0 Å². The number of hydrogen-bond donors (Lipinski definition) is 2. The van der Waals surface area contributed by atoms with Crippen molar-refractivity contribution in [1.82, 2.24) is 0 Å². The second-order valence-corrected chi connectivity index (χ2v) is 11.7. The molecule has 1 heterocycles. The van der Waals surface area contributed by atoms with Gasteiger partial charge in [-0.15, -0.1) is 0 Å². The molecular weight excluding hydrogens is 352 g/mol. The Balaban J connectivity index is 1.37. The summed E-state index contributed by atoms with van der Waals surface area (Å²) in [4.78, 5) is 0. The minimum absolute atomic E-state index is 0.0364. The van der Waals surface area contributed by atoms with Gasteiger partial charge in [-0.25, -0.2) is 0 Å². The fourth-order valence-corrected chi connectivity index (χ4v) is 7.19.